The summed E-state index contributed by atoms with van der Waals surface area (Å²) in [6.07, 6.45) is 13.6. The molecule has 0 saturated heterocycles. The van der Waals surface area contributed by atoms with Crippen LogP contribution in [0.4, 0.5) is 0 Å². The van der Waals surface area contributed by atoms with Crippen molar-refractivity contribution in [1.82, 2.24) is 5.32 Å². The van der Waals surface area contributed by atoms with Gasteiger partial charge in [-0.3, -0.25) is 0 Å². The molecule has 0 amide bonds. The van der Waals surface area contributed by atoms with E-state index in [9.17, 15) is 0 Å². The lowest BCUT2D eigenvalue weighted by Gasteiger charge is -2.06. The molecule has 0 atom stereocenters. The minimum Gasteiger partial charge on any atom is -0.367 e. The standard InChI is InChI=1S/C15H33NO2/c1-2-3-4-5-6-7-8-9-10-11-12-13-16-14-15(17)18/h15-18H,2-14H2,1H3. The molecule has 110 valence electrons. The maximum Gasteiger partial charge on any atom is 0.164 e. The summed E-state index contributed by atoms with van der Waals surface area (Å²) in [6, 6.07) is 0. The van der Waals surface area contributed by atoms with Crippen molar-refractivity contribution in [2.75, 3.05) is 13.1 Å². The van der Waals surface area contributed by atoms with Gasteiger partial charge in [-0.2, -0.15) is 0 Å². The molecule has 18 heavy (non-hydrogen) atoms. The highest BCUT2D eigenvalue weighted by molar-refractivity contribution is 4.51. The summed E-state index contributed by atoms with van der Waals surface area (Å²) in [5.41, 5.74) is 0. The molecular formula is C15H33NO2. The van der Waals surface area contributed by atoms with Crippen molar-refractivity contribution in [3.63, 3.8) is 0 Å². The van der Waals surface area contributed by atoms with Gasteiger partial charge in [-0.05, 0) is 13.0 Å². The number of aliphatic hydroxyl groups is 2. The Morgan fingerprint density at radius 1 is 0.722 bits per heavy atom. The minimum atomic E-state index is -1.21. The highest BCUT2D eigenvalue weighted by atomic mass is 16.5. The Kier molecular flexibility index (Phi) is 14.8. The maximum atomic E-state index is 8.62. The van der Waals surface area contributed by atoms with Crippen molar-refractivity contribution < 1.29 is 10.2 Å². The lowest BCUT2D eigenvalue weighted by Crippen LogP contribution is -2.26. The monoisotopic (exact) mass is 259 g/mol. The molecule has 3 N–H and O–H groups in total. The molecule has 0 rings (SSSR count). The Hall–Kier alpha value is -0.120. The van der Waals surface area contributed by atoms with Crippen LogP contribution in [-0.4, -0.2) is 29.6 Å². The van der Waals surface area contributed by atoms with Crippen LogP contribution in [0.5, 0.6) is 0 Å². The number of nitrogens with one attached hydrogen (secondary N) is 1. The van der Waals surface area contributed by atoms with Crippen LogP contribution in [0.25, 0.3) is 0 Å². The smallest absolute Gasteiger partial charge is 0.164 e. The Balaban J connectivity index is 2.90. The lowest BCUT2D eigenvalue weighted by molar-refractivity contribution is -0.0370. The van der Waals surface area contributed by atoms with Crippen LogP contribution in [0.15, 0.2) is 0 Å². The summed E-state index contributed by atoms with van der Waals surface area (Å²) in [5, 5.41) is 20.3. The van der Waals surface area contributed by atoms with Crippen molar-refractivity contribution in [1.29, 1.82) is 0 Å². The highest BCUT2D eigenvalue weighted by Gasteiger charge is 1.95. The zero-order valence-electron chi connectivity index (χ0n) is 12.2. The van der Waals surface area contributed by atoms with Gasteiger partial charge in [0.1, 0.15) is 0 Å². The fraction of sp³-hybridized carbons (Fsp3) is 1.00. The second kappa shape index (κ2) is 14.9. The molecule has 0 unspecified atom stereocenters. The van der Waals surface area contributed by atoms with Gasteiger partial charge in [0.15, 0.2) is 6.29 Å². The zero-order chi connectivity index (χ0) is 13.5. The van der Waals surface area contributed by atoms with E-state index in [0.29, 0.717) is 0 Å². The maximum absolute atomic E-state index is 8.62. The lowest BCUT2D eigenvalue weighted by atomic mass is 10.1. The van der Waals surface area contributed by atoms with Gasteiger partial charge in [0.05, 0.1) is 0 Å². The third-order valence-corrected chi connectivity index (χ3v) is 3.28. The van der Waals surface area contributed by atoms with E-state index in [1.54, 1.807) is 0 Å². The first-order chi connectivity index (χ1) is 8.77. The third-order valence-electron chi connectivity index (χ3n) is 3.28. The first kappa shape index (κ1) is 17.9. The molecule has 0 aliphatic carbocycles. The normalized spacial score (nSPS) is 11.3. The molecule has 0 saturated carbocycles. The van der Waals surface area contributed by atoms with Crippen LogP contribution in [0.2, 0.25) is 0 Å². The molecule has 0 spiro atoms. The van der Waals surface area contributed by atoms with Gasteiger partial charge in [0, 0.05) is 6.54 Å². The van der Waals surface area contributed by atoms with E-state index in [4.69, 9.17) is 10.2 Å². The van der Waals surface area contributed by atoms with E-state index in [2.05, 4.69) is 12.2 Å². The summed E-state index contributed by atoms with van der Waals surface area (Å²) in [4.78, 5) is 0. The van der Waals surface area contributed by atoms with E-state index in [0.717, 1.165) is 13.0 Å². The summed E-state index contributed by atoms with van der Waals surface area (Å²) in [5.74, 6) is 0. The second-order valence-corrected chi connectivity index (χ2v) is 5.22. The van der Waals surface area contributed by atoms with Crippen molar-refractivity contribution in [3.05, 3.63) is 0 Å². The fourth-order valence-corrected chi connectivity index (χ4v) is 2.15. The molecule has 0 aromatic carbocycles. The Morgan fingerprint density at radius 2 is 1.17 bits per heavy atom. The Morgan fingerprint density at radius 3 is 1.61 bits per heavy atom. The average molecular weight is 259 g/mol. The number of rotatable bonds is 14. The molecular weight excluding hydrogens is 226 g/mol. The number of hydrogen-bond donors (Lipinski definition) is 3. The van der Waals surface area contributed by atoms with E-state index in [-0.39, 0.29) is 6.54 Å². The third kappa shape index (κ3) is 15.9. The van der Waals surface area contributed by atoms with Gasteiger partial charge < -0.3 is 15.5 Å². The van der Waals surface area contributed by atoms with E-state index < -0.39 is 6.29 Å². The van der Waals surface area contributed by atoms with Gasteiger partial charge in [-0.15, -0.1) is 0 Å². The first-order valence-electron chi connectivity index (χ1n) is 7.84. The zero-order valence-corrected chi connectivity index (χ0v) is 12.2. The van der Waals surface area contributed by atoms with Crippen LogP contribution < -0.4 is 5.32 Å². The summed E-state index contributed by atoms with van der Waals surface area (Å²) < 4.78 is 0. The molecule has 3 nitrogen and oxygen atoms in total. The molecule has 0 fully saturated rings. The number of unbranched alkanes of at least 4 members (excludes halogenated alkanes) is 10. The SMILES string of the molecule is CCCCCCCCCCCCCNCC(O)O. The Labute approximate surface area is 113 Å². The van der Waals surface area contributed by atoms with Crippen molar-refractivity contribution in [3.8, 4) is 0 Å². The molecule has 0 aliphatic rings. The van der Waals surface area contributed by atoms with Crippen LogP contribution in [-0.2, 0) is 0 Å². The summed E-state index contributed by atoms with van der Waals surface area (Å²) >= 11 is 0. The molecule has 0 radical (unpaired) electrons. The predicted octanol–water partition coefficient (Wildman–Crippen LogP) is 3.20. The van der Waals surface area contributed by atoms with E-state index in [1.807, 2.05) is 0 Å². The van der Waals surface area contributed by atoms with E-state index in [1.165, 1.54) is 64.2 Å². The van der Waals surface area contributed by atoms with Crippen LogP contribution in [0, 0.1) is 0 Å². The topological polar surface area (TPSA) is 52.5 Å². The molecule has 0 heterocycles. The van der Waals surface area contributed by atoms with E-state index >= 15 is 0 Å². The largest absolute Gasteiger partial charge is 0.367 e. The molecule has 0 aromatic heterocycles. The summed E-state index contributed by atoms with van der Waals surface area (Å²) in [7, 11) is 0. The number of aliphatic hydroxyl groups excluding tert-OH is 1. The van der Waals surface area contributed by atoms with Crippen molar-refractivity contribution >= 4 is 0 Å². The molecule has 0 bridgehead atoms. The second-order valence-electron chi connectivity index (χ2n) is 5.22. The van der Waals surface area contributed by atoms with Gasteiger partial charge in [0.25, 0.3) is 0 Å². The Bertz CT molecular complexity index is 151. The van der Waals surface area contributed by atoms with Crippen LogP contribution in [0.3, 0.4) is 0 Å². The molecule has 3 heteroatoms. The van der Waals surface area contributed by atoms with Gasteiger partial charge in [-0.25, -0.2) is 0 Å². The van der Waals surface area contributed by atoms with Gasteiger partial charge >= 0.3 is 0 Å². The molecule has 0 aromatic rings. The fourth-order valence-electron chi connectivity index (χ4n) is 2.15. The quantitative estimate of drug-likeness (QED) is 0.332. The minimum absolute atomic E-state index is 0.289. The summed E-state index contributed by atoms with van der Waals surface area (Å²) in [6.45, 7) is 3.45. The van der Waals surface area contributed by atoms with Crippen molar-refractivity contribution in [2.45, 2.75) is 83.8 Å². The molecule has 0 aliphatic heterocycles. The average Bonchev–Trinajstić information content (AvgIpc) is 2.34. The van der Waals surface area contributed by atoms with Gasteiger partial charge in [0.2, 0.25) is 0 Å². The van der Waals surface area contributed by atoms with Crippen molar-refractivity contribution in [2.24, 2.45) is 0 Å². The number of hydrogen-bond acceptors (Lipinski definition) is 3. The first-order valence-corrected chi connectivity index (χ1v) is 7.84. The van der Waals surface area contributed by atoms with Crippen LogP contribution in [0.1, 0.15) is 77.6 Å². The van der Waals surface area contributed by atoms with Crippen LogP contribution >= 0.6 is 0 Å². The highest BCUT2D eigenvalue weighted by Crippen LogP contribution is 2.10. The predicted molar refractivity (Wildman–Crippen MR) is 77.6 cm³/mol. The van der Waals surface area contributed by atoms with Gasteiger partial charge in [-0.1, -0.05) is 71.1 Å².